The van der Waals surface area contributed by atoms with Crippen LogP contribution in [0.1, 0.15) is 25.3 Å². The van der Waals surface area contributed by atoms with Crippen molar-refractivity contribution in [2.24, 2.45) is 5.92 Å². The van der Waals surface area contributed by atoms with Crippen molar-refractivity contribution in [1.29, 1.82) is 0 Å². The number of hydrogen-bond acceptors (Lipinski definition) is 4. The average molecular weight is 249 g/mol. The van der Waals surface area contributed by atoms with Gasteiger partial charge in [-0.2, -0.15) is 0 Å². The lowest BCUT2D eigenvalue weighted by atomic mass is 9.99. The third-order valence-corrected chi connectivity index (χ3v) is 3.84. The molecule has 1 fully saturated rings. The minimum atomic E-state index is 0.249. The zero-order valence-corrected chi connectivity index (χ0v) is 10.7. The molecule has 0 bridgehead atoms. The van der Waals surface area contributed by atoms with Crippen molar-refractivity contribution < 1.29 is 14.6 Å². The highest BCUT2D eigenvalue weighted by atomic mass is 16.7. The molecule has 98 valence electrons. The predicted molar refractivity (Wildman–Crippen MR) is 67.9 cm³/mol. The molecule has 0 aliphatic carbocycles. The second kappa shape index (κ2) is 4.69. The van der Waals surface area contributed by atoms with E-state index in [4.69, 9.17) is 9.47 Å². The second-order valence-electron chi connectivity index (χ2n) is 5.29. The van der Waals surface area contributed by atoms with Gasteiger partial charge in [0, 0.05) is 18.2 Å². The summed E-state index contributed by atoms with van der Waals surface area (Å²) in [5, 5.41) is 10.00. The maximum absolute atomic E-state index is 10.00. The van der Waals surface area contributed by atoms with Gasteiger partial charge in [0.2, 0.25) is 6.79 Å². The molecule has 0 amide bonds. The minimum absolute atomic E-state index is 0.249. The van der Waals surface area contributed by atoms with Crippen LogP contribution in [0.3, 0.4) is 0 Å². The van der Waals surface area contributed by atoms with E-state index in [9.17, 15) is 5.11 Å². The molecule has 3 rings (SSSR count). The molecule has 0 radical (unpaired) electrons. The van der Waals surface area contributed by atoms with E-state index < -0.39 is 0 Å². The third kappa shape index (κ3) is 2.25. The minimum Gasteiger partial charge on any atom is -0.507 e. The van der Waals surface area contributed by atoms with Gasteiger partial charge in [-0.25, -0.2) is 0 Å². The summed E-state index contributed by atoms with van der Waals surface area (Å²) in [6, 6.07) is 3.56. The number of nitrogens with zero attached hydrogens (tertiary/aromatic N) is 1. The second-order valence-corrected chi connectivity index (χ2v) is 5.29. The molecule has 1 N–H and O–H groups in total. The Morgan fingerprint density at radius 3 is 2.61 bits per heavy atom. The fraction of sp³-hybridized carbons (Fsp3) is 0.571. The molecule has 4 nitrogen and oxygen atoms in total. The Morgan fingerprint density at radius 1 is 1.22 bits per heavy atom. The van der Waals surface area contributed by atoms with Crippen LogP contribution in [-0.2, 0) is 6.54 Å². The topological polar surface area (TPSA) is 41.9 Å². The maximum Gasteiger partial charge on any atom is 0.231 e. The van der Waals surface area contributed by atoms with Gasteiger partial charge in [-0.15, -0.1) is 0 Å². The summed E-state index contributed by atoms with van der Waals surface area (Å²) in [7, 11) is 0. The van der Waals surface area contributed by atoms with Crippen molar-refractivity contribution in [2.75, 3.05) is 19.9 Å². The Hall–Kier alpha value is -1.42. The molecule has 2 aliphatic rings. The van der Waals surface area contributed by atoms with E-state index >= 15 is 0 Å². The lowest BCUT2D eigenvalue weighted by Gasteiger charge is -2.30. The van der Waals surface area contributed by atoms with Gasteiger partial charge in [0.25, 0.3) is 0 Å². The third-order valence-electron chi connectivity index (χ3n) is 3.84. The van der Waals surface area contributed by atoms with Gasteiger partial charge in [-0.3, -0.25) is 4.90 Å². The Kier molecular flexibility index (Phi) is 3.04. The zero-order chi connectivity index (χ0) is 12.5. The molecule has 1 aromatic carbocycles. The van der Waals surface area contributed by atoms with Crippen molar-refractivity contribution in [3.8, 4) is 17.2 Å². The summed E-state index contributed by atoms with van der Waals surface area (Å²) in [5.74, 6) is 2.51. The lowest BCUT2D eigenvalue weighted by Crippen LogP contribution is -2.32. The molecular weight excluding hydrogens is 230 g/mol. The van der Waals surface area contributed by atoms with E-state index in [-0.39, 0.29) is 6.79 Å². The first-order valence-corrected chi connectivity index (χ1v) is 6.56. The zero-order valence-electron chi connectivity index (χ0n) is 10.7. The van der Waals surface area contributed by atoms with Gasteiger partial charge in [0.15, 0.2) is 11.5 Å². The SMILES string of the molecule is CC1CCN(Cc2cc3c(cc2O)OCO3)CC1. The van der Waals surface area contributed by atoms with E-state index in [1.54, 1.807) is 6.07 Å². The number of rotatable bonds is 2. The molecule has 2 heterocycles. The highest BCUT2D eigenvalue weighted by molar-refractivity contribution is 5.51. The van der Waals surface area contributed by atoms with Crippen LogP contribution in [-0.4, -0.2) is 29.9 Å². The summed E-state index contributed by atoms with van der Waals surface area (Å²) >= 11 is 0. The van der Waals surface area contributed by atoms with Crippen LogP contribution >= 0.6 is 0 Å². The monoisotopic (exact) mass is 249 g/mol. The number of phenolic OH excluding ortho intramolecular Hbond substituents is 1. The highest BCUT2D eigenvalue weighted by Crippen LogP contribution is 2.38. The standard InChI is InChI=1S/C14H19NO3/c1-10-2-4-15(5-3-10)8-11-6-13-14(7-12(11)16)18-9-17-13/h6-7,10,16H,2-5,8-9H2,1H3. The van der Waals surface area contributed by atoms with Gasteiger partial charge in [-0.1, -0.05) is 6.92 Å². The predicted octanol–water partition coefficient (Wildman–Crippen LogP) is 2.35. The summed E-state index contributed by atoms with van der Waals surface area (Å²) < 4.78 is 10.6. The summed E-state index contributed by atoms with van der Waals surface area (Å²) in [6.07, 6.45) is 2.48. The molecule has 0 spiro atoms. The Labute approximate surface area is 107 Å². The molecule has 18 heavy (non-hydrogen) atoms. The lowest BCUT2D eigenvalue weighted by molar-refractivity contribution is 0.173. The van der Waals surface area contributed by atoms with E-state index in [1.807, 2.05) is 6.07 Å². The van der Waals surface area contributed by atoms with E-state index in [1.165, 1.54) is 12.8 Å². The Balaban J connectivity index is 1.73. The number of likely N-dealkylation sites (tertiary alicyclic amines) is 1. The van der Waals surface area contributed by atoms with Crippen LogP contribution in [0.15, 0.2) is 12.1 Å². The maximum atomic E-state index is 10.00. The number of phenols is 1. The molecule has 1 aromatic rings. The van der Waals surface area contributed by atoms with Crippen molar-refractivity contribution in [2.45, 2.75) is 26.3 Å². The van der Waals surface area contributed by atoms with Gasteiger partial charge in [0.1, 0.15) is 5.75 Å². The van der Waals surface area contributed by atoms with Crippen molar-refractivity contribution in [3.63, 3.8) is 0 Å². The van der Waals surface area contributed by atoms with E-state index in [0.29, 0.717) is 11.5 Å². The molecule has 2 aliphatic heterocycles. The quantitative estimate of drug-likeness (QED) is 0.873. The van der Waals surface area contributed by atoms with Crippen LogP contribution < -0.4 is 9.47 Å². The normalized spacial score (nSPS) is 20.3. The number of hydrogen-bond donors (Lipinski definition) is 1. The number of fused-ring (bicyclic) bond motifs is 1. The van der Waals surface area contributed by atoms with Crippen molar-refractivity contribution >= 4 is 0 Å². The summed E-state index contributed by atoms with van der Waals surface area (Å²) in [4.78, 5) is 2.39. The fourth-order valence-electron chi connectivity index (χ4n) is 2.56. The summed E-state index contributed by atoms with van der Waals surface area (Å²) in [5.41, 5.74) is 0.925. The molecule has 0 aromatic heterocycles. The molecule has 0 atom stereocenters. The van der Waals surface area contributed by atoms with Gasteiger partial charge < -0.3 is 14.6 Å². The van der Waals surface area contributed by atoms with E-state index in [2.05, 4.69) is 11.8 Å². The molecule has 0 unspecified atom stereocenters. The average Bonchev–Trinajstić information content (AvgIpc) is 2.79. The molecule has 4 heteroatoms. The number of benzene rings is 1. The van der Waals surface area contributed by atoms with Gasteiger partial charge in [-0.05, 0) is 37.9 Å². The summed E-state index contributed by atoms with van der Waals surface area (Å²) in [6.45, 7) is 5.55. The van der Waals surface area contributed by atoms with E-state index in [0.717, 1.165) is 36.9 Å². The molecular formula is C14H19NO3. The van der Waals surface area contributed by atoms with Crippen LogP contribution in [0.4, 0.5) is 0 Å². The Bertz CT molecular complexity index is 439. The molecule has 0 saturated carbocycles. The largest absolute Gasteiger partial charge is 0.507 e. The number of aromatic hydroxyl groups is 1. The van der Waals surface area contributed by atoms with Gasteiger partial charge in [0.05, 0.1) is 0 Å². The number of ether oxygens (including phenoxy) is 2. The van der Waals surface area contributed by atoms with Gasteiger partial charge >= 0.3 is 0 Å². The fourth-order valence-corrected chi connectivity index (χ4v) is 2.56. The highest BCUT2D eigenvalue weighted by Gasteiger charge is 2.20. The smallest absolute Gasteiger partial charge is 0.231 e. The first kappa shape index (κ1) is 11.7. The van der Waals surface area contributed by atoms with Crippen LogP contribution in [0.2, 0.25) is 0 Å². The van der Waals surface area contributed by atoms with Crippen molar-refractivity contribution in [1.82, 2.24) is 4.90 Å². The van der Waals surface area contributed by atoms with Crippen LogP contribution in [0.25, 0.3) is 0 Å². The molecule has 1 saturated heterocycles. The first-order valence-electron chi connectivity index (χ1n) is 6.56. The Morgan fingerprint density at radius 2 is 1.89 bits per heavy atom. The van der Waals surface area contributed by atoms with Crippen LogP contribution in [0, 0.1) is 5.92 Å². The first-order chi connectivity index (χ1) is 8.72. The number of piperidine rings is 1. The van der Waals surface area contributed by atoms with Crippen LogP contribution in [0.5, 0.6) is 17.2 Å². The van der Waals surface area contributed by atoms with Crippen molar-refractivity contribution in [3.05, 3.63) is 17.7 Å².